The molecule has 1 amide bonds. The van der Waals surface area contributed by atoms with E-state index in [0.29, 0.717) is 11.4 Å². The van der Waals surface area contributed by atoms with Crippen molar-refractivity contribution < 1.29 is 4.79 Å². The molecule has 2 aromatic rings. The van der Waals surface area contributed by atoms with Crippen LogP contribution in [0.4, 0.5) is 0 Å². The summed E-state index contributed by atoms with van der Waals surface area (Å²) in [4.78, 5) is 16.0. The van der Waals surface area contributed by atoms with Crippen molar-refractivity contribution in [2.24, 2.45) is 16.5 Å². The average molecular weight is 316 g/mol. The third-order valence-corrected chi connectivity index (χ3v) is 3.58. The molecular weight excluding hydrogens is 298 g/mol. The average Bonchev–Trinajstić information content (AvgIpc) is 2.45. The van der Waals surface area contributed by atoms with Gasteiger partial charge in [-0.2, -0.15) is 4.99 Å². The molecule has 5 heteroatoms. The maximum atomic E-state index is 12.3. The number of aryl methyl sites for hydroxylation is 1. The van der Waals surface area contributed by atoms with Crippen molar-refractivity contribution in [1.29, 1.82) is 0 Å². The molecule has 0 aliphatic rings. The van der Waals surface area contributed by atoms with Gasteiger partial charge in [-0.1, -0.05) is 53.6 Å². The second kappa shape index (κ2) is 7.09. The molecule has 0 saturated carbocycles. The predicted octanol–water partition coefficient (Wildman–Crippen LogP) is 2.77. The van der Waals surface area contributed by atoms with E-state index in [4.69, 9.17) is 23.1 Å². The lowest BCUT2D eigenvalue weighted by Crippen LogP contribution is -2.26. The molecule has 22 heavy (non-hydrogen) atoms. The maximum absolute atomic E-state index is 12.3. The Morgan fingerprint density at radius 1 is 1.18 bits per heavy atom. The van der Waals surface area contributed by atoms with Gasteiger partial charge in [0.25, 0.3) is 5.91 Å². The number of amides is 1. The standard InChI is InChI=1S/C17H18ClN3O/c1-11-5-7-12(8-6-11)9-15(16(22)21-17(19)20)13-3-2-4-14(18)10-13/h2-8,10,15H,9H2,1H3,(H4,19,20,21,22)/t15-/m1/s1. The fourth-order valence-corrected chi connectivity index (χ4v) is 2.43. The summed E-state index contributed by atoms with van der Waals surface area (Å²) in [6, 6.07) is 15.2. The zero-order chi connectivity index (χ0) is 16.1. The third kappa shape index (κ3) is 4.33. The molecule has 2 aromatic carbocycles. The summed E-state index contributed by atoms with van der Waals surface area (Å²) in [5.41, 5.74) is 13.7. The topological polar surface area (TPSA) is 81.5 Å². The smallest absolute Gasteiger partial charge is 0.256 e. The van der Waals surface area contributed by atoms with Crippen LogP contribution in [-0.4, -0.2) is 11.9 Å². The molecule has 0 aliphatic heterocycles. The van der Waals surface area contributed by atoms with E-state index in [-0.39, 0.29) is 11.9 Å². The first-order valence-corrected chi connectivity index (χ1v) is 7.28. The first-order valence-electron chi connectivity index (χ1n) is 6.90. The Labute approximate surface area is 134 Å². The number of carbonyl (C=O) groups is 1. The van der Waals surface area contributed by atoms with Crippen molar-refractivity contribution in [2.75, 3.05) is 0 Å². The number of rotatable bonds is 4. The Kier molecular flexibility index (Phi) is 5.17. The van der Waals surface area contributed by atoms with Crippen LogP contribution >= 0.6 is 11.6 Å². The number of hydrogen-bond donors (Lipinski definition) is 2. The number of carbonyl (C=O) groups excluding carboxylic acids is 1. The number of nitrogens with two attached hydrogens (primary N) is 2. The highest BCUT2D eigenvalue weighted by molar-refractivity contribution is 6.30. The van der Waals surface area contributed by atoms with E-state index in [1.165, 1.54) is 5.56 Å². The molecule has 4 N–H and O–H groups in total. The summed E-state index contributed by atoms with van der Waals surface area (Å²) in [5.74, 6) is -1.08. The number of benzene rings is 2. The Morgan fingerprint density at radius 3 is 2.45 bits per heavy atom. The minimum absolute atomic E-state index is 0.235. The third-order valence-electron chi connectivity index (χ3n) is 3.35. The van der Waals surface area contributed by atoms with Crippen LogP contribution in [0.2, 0.25) is 5.02 Å². The SMILES string of the molecule is Cc1ccc(C[C@@H](C(=O)N=C(N)N)c2cccc(Cl)c2)cc1. The molecule has 1 atom stereocenters. The summed E-state index contributed by atoms with van der Waals surface area (Å²) in [5, 5.41) is 0.573. The molecule has 0 heterocycles. The predicted molar refractivity (Wildman–Crippen MR) is 89.9 cm³/mol. The van der Waals surface area contributed by atoms with Gasteiger partial charge in [-0.15, -0.1) is 0 Å². The summed E-state index contributed by atoms with van der Waals surface area (Å²) in [6.45, 7) is 2.02. The van der Waals surface area contributed by atoms with E-state index in [0.717, 1.165) is 11.1 Å². The Hall–Kier alpha value is -2.33. The normalized spacial score (nSPS) is 11.7. The van der Waals surface area contributed by atoms with Crippen molar-refractivity contribution in [2.45, 2.75) is 19.3 Å². The minimum Gasteiger partial charge on any atom is -0.370 e. The largest absolute Gasteiger partial charge is 0.370 e. The lowest BCUT2D eigenvalue weighted by atomic mass is 9.91. The Balaban J connectivity index is 2.35. The van der Waals surface area contributed by atoms with E-state index in [1.807, 2.05) is 43.3 Å². The quantitative estimate of drug-likeness (QED) is 0.672. The first kappa shape index (κ1) is 16.0. The van der Waals surface area contributed by atoms with Gasteiger partial charge in [0.05, 0.1) is 5.92 Å². The van der Waals surface area contributed by atoms with Crippen LogP contribution in [0.15, 0.2) is 53.5 Å². The summed E-state index contributed by atoms with van der Waals surface area (Å²) in [6.07, 6.45) is 0.510. The van der Waals surface area contributed by atoms with Crippen molar-refractivity contribution in [1.82, 2.24) is 0 Å². The molecule has 0 saturated heterocycles. The zero-order valence-corrected chi connectivity index (χ0v) is 13.0. The van der Waals surface area contributed by atoms with Gasteiger partial charge in [-0.05, 0) is 36.6 Å². The van der Waals surface area contributed by atoms with Crippen LogP contribution in [0.3, 0.4) is 0 Å². The van der Waals surface area contributed by atoms with E-state index >= 15 is 0 Å². The molecule has 0 spiro atoms. The van der Waals surface area contributed by atoms with Crippen LogP contribution in [0.25, 0.3) is 0 Å². The second-order valence-electron chi connectivity index (χ2n) is 5.17. The van der Waals surface area contributed by atoms with Gasteiger partial charge in [0.15, 0.2) is 5.96 Å². The van der Waals surface area contributed by atoms with Gasteiger partial charge in [0, 0.05) is 5.02 Å². The van der Waals surface area contributed by atoms with E-state index in [9.17, 15) is 4.79 Å². The summed E-state index contributed by atoms with van der Waals surface area (Å²) < 4.78 is 0. The van der Waals surface area contributed by atoms with E-state index in [2.05, 4.69) is 4.99 Å². The monoisotopic (exact) mass is 315 g/mol. The van der Waals surface area contributed by atoms with Crippen LogP contribution in [0.5, 0.6) is 0 Å². The Morgan fingerprint density at radius 2 is 1.86 bits per heavy atom. The van der Waals surface area contributed by atoms with Crippen LogP contribution in [-0.2, 0) is 11.2 Å². The van der Waals surface area contributed by atoms with Crippen molar-refractivity contribution in [3.63, 3.8) is 0 Å². The van der Waals surface area contributed by atoms with Gasteiger partial charge in [0.2, 0.25) is 0 Å². The minimum atomic E-state index is -0.469. The maximum Gasteiger partial charge on any atom is 0.256 e. The molecule has 114 valence electrons. The molecule has 0 bridgehead atoms. The van der Waals surface area contributed by atoms with Gasteiger partial charge < -0.3 is 11.5 Å². The number of aliphatic imine (C=N–C) groups is 1. The summed E-state index contributed by atoms with van der Waals surface area (Å²) in [7, 11) is 0. The molecule has 4 nitrogen and oxygen atoms in total. The van der Waals surface area contributed by atoms with Gasteiger partial charge in [-0.25, -0.2) is 0 Å². The van der Waals surface area contributed by atoms with E-state index in [1.54, 1.807) is 12.1 Å². The highest BCUT2D eigenvalue weighted by Gasteiger charge is 2.21. The number of halogens is 1. The van der Waals surface area contributed by atoms with Crippen LogP contribution in [0, 0.1) is 6.92 Å². The van der Waals surface area contributed by atoms with Gasteiger partial charge in [-0.3, -0.25) is 4.79 Å². The fraction of sp³-hybridized carbons (Fsp3) is 0.176. The molecule has 0 unspecified atom stereocenters. The highest BCUT2D eigenvalue weighted by atomic mass is 35.5. The second-order valence-corrected chi connectivity index (χ2v) is 5.61. The number of nitrogens with zero attached hydrogens (tertiary/aromatic N) is 1. The lowest BCUT2D eigenvalue weighted by Gasteiger charge is -2.15. The van der Waals surface area contributed by atoms with Gasteiger partial charge >= 0.3 is 0 Å². The van der Waals surface area contributed by atoms with Gasteiger partial charge in [0.1, 0.15) is 0 Å². The first-order chi connectivity index (χ1) is 10.5. The molecule has 0 aromatic heterocycles. The molecular formula is C17H18ClN3O. The number of guanidine groups is 1. The van der Waals surface area contributed by atoms with Crippen LogP contribution in [0.1, 0.15) is 22.6 Å². The van der Waals surface area contributed by atoms with Crippen molar-refractivity contribution >= 4 is 23.5 Å². The molecule has 0 radical (unpaired) electrons. The zero-order valence-electron chi connectivity index (χ0n) is 12.3. The lowest BCUT2D eigenvalue weighted by molar-refractivity contribution is -0.119. The van der Waals surface area contributed by atoms with E-state index < -0.39 is 5.92 Å². The fourth-order valence-electron chi connectivity index (χ4n) is 2.24. The van der Waals surface area contributed by atoms with Crippen molar-refractivity contribution in [3.8, 4) is 0 Å². The van der Waals surface area contributed by atoms with Crippen molar-refractivity contribution in [3.05, 3.63) is 70.2 Å². The molecule has 2 rings (SSSR count). The number of hydrogen-bond acceptors (Lipinski definition) is 1. The summed E-state index contributed by atoms with van der Waals surface area (Å²) >= 11 is 6.03. The molecule has 0 aliphatic carbocycles. The highest BCUT2D eigenvalue weighted by Crippen LogP contribution is 2.25. The Bertz CT molecular complexity index is 691. The van der Waals surface area contributed by atoms with Crippen LogP contribution < -0.4 is 11.5 Å². The molecule has 0 fully saturated rings.